The lowest BCUT2D eigenvalue weighted by molar-refractivity contribution is 0.408. The number of rotatable bonds is 9. The average Bonchev–Trinajstić information content (AvgIpc) is 3.44. The van der Waals surface area contributed by atoms with Gasteiger partial charge in [0, 0.05) is 5.66 Å². The van der Waals surface area contributed by atoms with Crippen molar-refractivity contribution in [3.8, 4) is 11.5 Å². The minimum atomic E-state index is -0.722. The van der Waals surface area contributed by atoms with E-state index >= 15 is 0 Å². The van der Waals surface area contributed by atoms with Gasteiger partial charge in [0.2, 0.25) is 0 Å². The third-order valence-corrected chi connectivity index (χ3v) is 16.1. The maximum atomic E-state index is 5.80. The zero-order valence-corrected chi connectivity index (χ0v) is 28.3. The van der Waals surface area contributed by atoms with Crippen LogP contribution in [0.3, 0.4) is 0 Å². The number of hydrogen-bond donors (Lipinski definition) is 0. The van der Waals surface area contributed by atoms with Crippen molar-refractivity contribution in [2.24, 2.45) is 0 Å². The first-order valence-corrected chi connectivity index (χ1v) is 18.9. The van der Waals surface area contributed by atoms with Crippen LogP contribution in [0, 0.1) is 58.5 Å². The predicted octanol–water partition coefficient (Wildman–Crippen LogP) is 9.64. The zero-order chi connectivity index (χ0) is 29.1. The van der Waals surface area contributed by atoms with Crippen LogP contribution < -0.4 is 20.1 Å². The van der Waals surface area contributed by atoms with Gasteiger partial charge < -0.3 is 9.47 Å². The van der Waals surface area contributed by atoms with Gasteiger partial charge in [0.15, 0.2) is 0 Å². The topological polar surface area (TPSA) is 18.5 Å². The summed E-state index contributed by atoms with van der Waals surface area (Å²) in [7, 11) is 2.81. The van der Waals surface area contributed by atoms with Gasteiger partial charge in [-0.05, 0) is 161 Å². The van der Waals surface area contributed by atoms with E-state index in [4.69, 9.17) is 9.47 Å². The molecule has 5 rings (SSSR count). The third kappa shape index (κ3) is 6.70. The van der Waals surface area contributed by atoms with E-state index in [1.165, 1.54) is 97.1 Å². The molecule has 221 valence electrons. The molecule has 2 nitrogen and oxygen atoms in total. The van der Waals surface area contributed by atoms with Gasteiger partial charge >= 0.3 is 0 Å². The summed E-state index contributed by atoms with van der Waals surface area (Å²) < 4.78 is 11.6. The van der Waals surface area contributed by atoms with E-state index < -0.39 is 7.92 Å². The molecule has 0 heterocycles. The Kier molecular flexibility index (Phi) is 10.8. The molecule has 3 fully saturated rings. The van der Waals surface area contributed by atoms with Gasteiger partial charge in [-0.2, -0.15) is 0 Å². The molecule has 0 N–H and O–H groups in total. The number of methoxy groups -OCH3 is 2. The fourth-order valence-corrected chi connectivity index (χ4v) is 15.4. The van der Waals surface area contributed by atoms with E-state index in [1.54, 1.807) is 25.8 Å². The summed E-state index contributed by atoms with van der Waals surface area (Å²) in [6.07, 6.45) is 21.8. The summed E-state index contributed by atoms with van der Waals surface area (Å²) in [5, 5.41) is 2.86. The van der Waals surface area contributed by atoms with Crippen LogP contribution in [0.5, 0.6) is 11.5 Å². The van der Waals surface area contributed by atoms with Crippen LogP contribution in [0.25, 0.3) is 0 Å². The molecule has 0 bridgehead atoms. The second kappa shape index (κ2) is 14.1. The van der Waals surface area contributed by atoms with E-state index in [2.05, 4.69) is 78.1 Å². The highest BCUT2D eigenvalue weighted by molar-refractivity contribution is 7.76. The maximum absolute atomic E-state index is 5.80. The average molecular weight is 590 g/mol. The van der Waals surface area contributed by atoms with Crippen molar-refractivity contribution in [2.75, 3.05) is 14.2 Å². The second-order valence-corrected chi connectivity index (χ2v) is 17.9. The molecule has 1 atom stereocenters. The van der Waals surface area contributed by atoms with Gasteiger partial charge in [-0.3, -0.25) is 0 Å². The molecular weight excluding hydrogens is 538 g/mol. The van der Waals surface area contributed by atoms with E-state index in [0.717, 1.165) is 22.8 Å². The van der Waals surface area contributed by atoms with Crippen LogP contribution in [-0.2, 0) is 0 Å². The molecule has 3 aliphatic carbocycles. The van der Waals surface area contributed by atoms with Gasteiger partial charge in [0.1, 0.15) is 11.5 Å². The van der Waals surface area contributed by atoms with Crippen molar-refractivity contribution in [3.05, 3.63) is 77.4 Å². The first kappa shape index (κ1) is 31.3. The summed E-state index contributed by atoms with van der Waals surface area (Å²) in [6, 6.07) is 9.61. The summed E-state index contributed by atoms with van der Waals surface area (Å²) in [5.74, 6) is 3.66. The first-order chi connectivity index (χ1) is 19.8. The Morgan fingerprint density at radius 3 is 1.44 bits per heavy atom. The van der Waals surface area contributed by atoms with Gasteiger partial charge in [-0.1, -0.05) is 53.4 Å². The molecule has 0 aliphatic heterocycles. The highest BCUT2D eigenvalue weighted by atomic mass is 31.1. The molecular formula is C37H51O2P2. The van der Waals surface area contributed by atoms with Crippen LogP contribution in [-0.4, -0.2) is 31.2 Å². The van der Waals surface area contributed by atoms with Crippen molar-refractivity contribution in [1.29, 1.82) is 0 Å². The Balaban J connectivity index is 1.57. The number of hydrogen-bond acceptors (Lipinski definition) is 2. The standard InChI is InChI=1S/C37H51O2P2/c1-25-21-32(22-26(2)36(25)38-6)41(33-23-27(3)37(39-7)28(4)24-33)35-20-14-19-34(35)29(5)40(30-15-10-8-11-16-30)31-17-12-9-13-18-31/h14,19-24,29-31H,8-13,15-18H2,1-7H3/t29-/m0/s1. The smallest absolute Gasteiger partial charge is 0.124 e. The Morgan fingerprint density at radius 2 is 1.05 bits per heavy atom. The van der Waals surface area contributed by atoms with Crippen molar-refractivity contribution < 1.29 is 9.47 Å². The van der Waals surface area contributed by atoms with E-state index in [0.29, 0.717) is 5.66 Å². The van der Waals surface area contributed by atoms with Crippen LogP contribution in [0.15, 0.2) is 24.3 Å². The monoisotopic (exact) mass is 589 g/mol. The quantitative estimate of drug-likeness (QED) is 0.271. The Bertz CT molecular complexity index is 1040. The largest absolute Gasteiger partial charge is 0.496 e. The highest BCUT2D eigenvalue weighted by Crippen LogP contribution is 2.67. The van der Waals surface area contributed by atoms with Crippen molar-refractivity contribution >= 4 is 26.5 Å². The lowest BCUT2D eigenvalue weighted by Crippen LogP contribution is -2.31. The summed E-state index contributed by atoms with van der Waals surface area (Å²) >= 11 is 0. The molecule has 0 unspecified atom stereocenters. The van der Waals surface area contributed by atoms with E-state index in [1.807, 2.05) is 0 Å². The Morgan fingerprint density at radius 1 is 0.634 bits per heavy atom. The summed E-state index contributed by atoms with van der Waals surface area (Å²) in [5.41, 5.74) is 9.01. The van der Waals surface area contributed by atoms with Gasteiger partial charge in [0.25, 0.3) is 0 Å². The lowest BCUT2D eigenvalue weighted by Gasteiger charge is -2.45. The molecule has 3 aliphatic rings. The normalized spacial score (nSPS) is 20.7. The molecule has 0 saturated heterocycles. The minimum Gasteiger partial charge on any atom is -0.496 e. The Labute approximate surface area is 254 Å². The number of aryl methyl sites for hydroxylation is 4. The second-order valence-electron chi connectivity index (χ2n) is 12.6. The fraction of sp³-hybridized carbons (Fsp3) is 0.541. The number of benzene rings is 2. The number of ether oxygens (including phenoxy) is 2. The predicted molar refractivity (Wildman–Crippen MR) is 181 cm³/mol. The zero-order valence-electron chi connectivity index (χ0n) is 26.6. The molecule has 3 saturated carbocycles. The molecule has 4 heteroatoms. The van der Waals surface area contributed by atoms with E-state index in [9.17, 15) is 0 Å². The van der Waals surface area contributed by atoms with Gasteiger partial charge in [-0.25, -0.2) is 0 Å². The molecule has 41 heavy (non-hydrogen) atoms. The molecule has 0 aromatic heterocycles. The molecule has 2 aromatic rings. The molecule has 0 amide bonds. The SMILES string of the molecule is COc1c(C)cc(P([C]2[CH][CH][CH][C]2[C@H](C)P(C2CCCCC2)C2CCCCC2)c2cc(C)c(OC)c(C)c2)cc1C. The molecule has 5 radical (unpaired) electrons. The van der Waals surface area contributed by atoms with Crippen LogP contribution in [0.2, 0.25) is 0 Å². The van der Waals surface area contributed by atoms with Crippen molar-refractivity contribution in [3.63, 3.8) is 0 Å². The maximum Gasteiger partial charge on any atom is 0.124 e. The fourth-order valence-electron chi connectivity index (χ4n) is 8.02. The summed E-state index contributed by atoms with van der Waals surface area (Å²) in [4.78, 5) is 0. The van der Waals surface area contributed by atoms with Crippen LogP contribution >= 0.6 is 15.8 Å². The lowest BCUT2D eigenvalue weighted by atomic mass is 9.99. The summed E-state index contributed by atoms with van der Waals surface area (Å²) in [6.45, 7) is 11.4. The van der Waals surface area contributed by atoms with Gasteiger partial charge in [-0.15, -0.1) is 0 Å². The van der Waals surface area contributed by atoms with Crippen molar-refractivity contribution in [1.82, 2.24) is 0 Å². The highest BCUT2D eigenvalue weighted by Gasteiger charge is 2.45. The molecule has 2 aromatic carbocycles. The van der Waals surface area contributed by atoms with Crippen molar-refractivity contribution in [2.45, 2.75) is 116 Å². The Hall–Kier alpha value is -1.10. The van der Waals surface area contributed by atoms with Crippen LogP contribution in [0.1, 0.15) is 93.4 Å². The molecule has 0 spiro atoms. The third-order valence-electron chi connectivity index (χ3n) is 9.77. The first-order valence-electron chi connectivity index (χ1n) is 16.0. The van der Waals surface area contributed by atoms with Crippen LogP contribution in [0.4, 0.5) is 0 Å². The van der Waals surface area contributed by atoms with E-state index in [-0.39, 0.29) is 7.92 Å². The minimum absolute atomic E-state index is 0.0577. The van der Waals surface area contributed by atoms with Gasteiger partial charge in [0.05, 0.1) is 14.2 Å².